The first-order valence-corrected chi connectivity index (χ1v) is 3.63. The third-order valence-electron chi connectivity index (χ3n) is 0.978. The first kappa shape index (κ1) is 8.13. The minimum atomic E-state index is -0.808. The maximum atomic E-state index is 10.1. The number of amides is 1. The number of furan rings is 1. The van der Waals surface area contributed by atoms with Crippen LogP contribution in [-0.2, 0) is 11.3 Å². The van der Waals surface area contributed by atoms with Gasteiger partial charge in [0.05, 0.1) is 4.47 Å². The normalized spacial score (nSPS) is 9.55. The number of hydrogen-bond donors (Lipinski definition) is 1. The summed E-state index contributed by atoms with van der Waals surface area (Å²) in [6, 6.07) is 1.70. The second-order valence-corrected chi connectivity index (χ2v) is 2.75. The molecule has 0 aliphatic rings. The second-order valence-electron chi connectivity index (χ2n) is 1.84. The van der Waals surface area contributed by atoms with Crippen molar-refractivity contribution in [3.05, 3.63) is 22.6 Å². The van der Waals surface area contributed by atoms with E-state index < -0.39 is 6.09 Å². The Kier molecular flexibility index (Phi) is 2.53. The van der Waals surface area contributed by atoms with Gasteiger partial charge in [-0.3, -0.25) is 0 Å². The van der Waals surface area contributed by atoms with Crippen molar-refractivity contribution in [1.82, 2.24) is 0 Å². The molecule has 11 heavy (non-hydrogen) atoms. The van der Waals surface area contributed by atoms with E-state index in [2.05, 4.69) is 20.7 Å². The maximum absolute atomic E-state index is 10.1. The quantitative estimate of drug-likeness (QED) is 0.823. The van der Waals surface area contributed by atoms with E-state index >= 15 is 0 Å². The SMILES string of the molecule is NC(=O)OCc1cc(Br)co1. The van der Waals surface area contributed by atoms with Crippen molar-refractivity contribution in [3.63, 3.8) is 0 Å². The van der Waals surface area contributed by atoms with Gasteiger partial charge in [-0.05, 0) is 22.0 Å². The highest BCUT2D eigenvalue weighted by Crippen LogP contribution is 2.14. The van der Waals surface area contributed by atoms with E-state index in [0.717, 1.165) is 4.47 Å². The summed E-state index contributed by atoms with van der Waals surface area (Å²) in [5, 5.41) is 0. The fourth-order valence-corrected chi connectivity index (χ4v) is 0.921. The van der Waals surface area contributed by atoms with Crippen LogP contribution >= 0.6 is 15.9 Å². The fraction of sp³-hybridized carbons (Fsp3) is 0.167. The average molecular weight is 220 g/mol. The molecule has 0 unspecified atom stereocenters. The van der Waals surface area contributed by atoms with Crippen molar-refractivity contribution in [2.24, 2.45) is 5.73 Å². The molecule has 0 aromatic carbocycles. The Morgan fingerprint density at radius 2 is 2.55 bits per heavy atom. The van der Waals surface area contributed by atoms with Gasteiger partial charge in [0.1, 0.15) is 12.0 Å². The number of nitrogens with two attached hydrogens (primary N) is 1. The number of ether oxygens (including phenoxy) is 1. The maximum Gasteiger partial charge on any atom is 0.404 e. The first-order valence-electron chi connectivity index (χ1n) is 2.83. The number of primary amides is 1. The van der Waals surface area contributed by atoms with Gasteiger partial charge in [-0.1, -0.05) is 0 Å². The smallest absolute Gasteiger partial charge is 0.404 e. The molecule has 0 radical (unpaired) electrons. The summed E-state index contributed by atoms with van der Waals surface area (Å²) in [4.78, 5) is 10.1. The van der Waals surface area contributed by atoms with Crippen molar-refractivity contribution in [3.8, 4) is 0 Å². The Hall–Kier alpha value is -0.970. The molecule has 1 rings (SSSR count). The number of carbonyl (C=O) groups excluding carboxylic acids is 1. The van der Waals surface area contributed by atoms with Crippen molar-refractivity contribution in [1.29, 1.82) is 0 Å². The number of rotatable bonds is 2. The molecule has 0 bridgehead atoms. The summed E-state index contributed by atoms with van der Waals surface area (Å²) in [5.41, 5.74) is 4.73. The largest absolute Gasteiger partial charge is 0.464 e. The molecule has 0 fully saturated rings. The molecular formula is C6H6BrNO3. The van der Waals surface area contributed by atoms with Gasteiger partial charge in [0.2, 0.25) is 0 Å². The van der Waals surface area contributed by atoms with Crippen LogP contribution in [0.15, 0.2) is 21.2 Å². The zero-order chi connectivity index (χ0) is 8.27. The third kappa shape index (κ3) is 2.63. The van der Waals surface area contributed by atoms with Gasteiger partial charge in [0, 0.05) is 0 Å². The molecule has 60 valence electrons. The Bertz CT molecular complexity index is 258. The highest BCUT2D eigenvalue weighted by Gasteiger charge is 2.00. The summed E-state index contributed by atoms with van der Waals surface area (Å²) >= 11 is 3.17. The van der Waals surface area contributed by atoms with Crippen LogP contribution in [-0.4, -0.2) is 6.09 Å². The highest BCUT2D eigenvalue weighted by atomic mass is 79.9. The minimum absolute atomic E-state index is 0.0704. The van der Waals surface area contributed by atoms with Crippen LogP contribution in [0.25, 0.3) is 0 Å². The van der Waals surface area contributed by atoms with Gasteiger partial charge in [-0.15, -0.1) is 0 Å². The monoisotopic (exact) mass is 219 g/mol. The fourth-order valence-electron chi connectivity index (χ4n) is 0.572. The lowest BCUT2D eigenvalue weighted by atomic mass is 10.5. The molecule has 0 saturated heterocycles. The molecule has 1 aromatic rings. The van der Waals surface area contributed by atoms with Gasteiger partial charge in [-0.2, -0.15) is 0 Å². The van der Waals surface area contributed by atoms with Crippen LogP contribution in [0, 0.1) is 0 Å². The van der Waals surface area contributed by atoms with Crippen LogP contribution < -0.4 is 5.73 Å². The Morgan fingerprint density at radius 1 is 1.82 bits per heavy atom. The van der Waals surface area contributed by atoms with Gasteiger partial charge < -0.3 is 14.9 Å². The number of halogens is 1. The molecule has 0 aliphatic carbocycles. The topological polar surface area (TPSA) is 65.5 Å². The molecule has 0 spiro atoms. The van der Waals surface area contributed by atoms with Crippen molar-refractivity contribution < 1.29 is 13.9 Å². The minimum Gasteiger partial charge on any atom is -0.464 e. The van der Waals surface area contributed by atoms with E-state index in [9.17, 15) is 4.79 Å². The molecule has 2 N–H and O–H groups in total. The Labute approximate surface area is 71.4 Å². The highest BCUT2D eigenvalue weighted by molar-refractivity contribution is 9.10. The van der Waals surface area contributed by atoms with E-state index in [1.807, 2.05) is 0 Å². The summed E-state index contributed by atoms with van der Waals surface area (Å²) in [7, 11) is 0. The lowest BCUT2D eigenvalue weighted by Gasteiger charge is -1.95. The molecule has 1 heterocycles. The van der Waals surface area contributed by atoms with Gasteiger partial charge in [-0.25, -0.2) is 4.79 Å². The predicted octanol–water partition coefficient (Wildman–Crippen LogP) is 1.64. The lowest BCUT2D eigenvalue weighted by Crippen LogP contribution is -2.12. The third-order valence-corrected chi connectivity index (χ3v) is 1.39. The number of hydrogen-bond acceptors (Lipinski definition) is 3. The Balaban J connectivity index is 2.45. The molecule has 0 atom stereocenters. The molecular weight excluding hydrogens is 214 g/mol. The van der Waals surface area contributed by atoms with Crippen LogP contribution in [0.3, 0.4) is 0 Å². The average Bonchev–Trinajstić information content (AvgIpc) is 2.31. The van der Waals surface area contributed by atoms with Crippen molar-refractivity contribution in [2.45, 2.75) is 6.61 Å². The van der Waals surface area contributed by atoms with Crippen LogP contribution in [0.1, 0.15) is 5.76 Å². The summed E-state index contributed by atoms with van der Waals surface area (Å²) in [6.07, 6.45) is 0.692. The molecule has 0 aliphatic heterocycles. The predicted molar refractivity (Wildman–Crippen MR) is 40.8 cm³/mol. The van der Waals surface area contributed by atoms with Crippen molar-refractivity contribution in [2.75, 3.05) is 0 Å². The van der Waals surface area contributed by atoms with E-state index in [4.69, 9.17) is 10.2 Å². The molecule has 1 amide bonds. The molecule has 0 saturated carbocycles. The van der Waals surface area contributed by atoms with Crippen LogP contribution in [0.5, 0.6) is 0 Å². The van der Waals surface area contributed by atoms with E-state index in [0.29, 0.717) is 5.76 Å². The zero-order valence-electron chi connectivity index (χ0n) is 5.54. The van der Waals surface area contributed by atoms with Crippen LogP contribution in [0.2, 0.25) is 0 Å². The number of carbonyl (C=O) groups is 1. The lowest BCUT2D eigenvalue weighted by molar-refractivity contribution is 0.141. The first-order chi connectivity index (χ1) is 5.18. The summed E-state index contributed by atoms with van der Waals surface area (Å²) < 4.78 is 10.2. The Morgan fingerprint density at radius 3 is 3.00 bits per heavy atom. The van der Waals surface area contributed by atoms with Crippen LogP contribution in [0.4, 0.5) is 4.79 Å². The van der Waals surface area contributed by atoms with Crippen molar-refractivity contribution >= 4 is 22.0 Å². The summed E-state index contributed by atoms with van der Waals surface area (Å²) in [5.74, 6) is 0.552. The molecule has 5 heteroatoms. The van der Waals surface area contributed by atoms with E-state index in [1.165, 1.54) is 6.26 Å². The summed E-state index contributed by atoms with van der Waals surface area (Å²) in [6.45, 7) is 0.0704. The van der Waals surface area contributed by atoms with Gasteiger partial charge in [0.25, 0.3) is 0 Å². The zero-order valence-corrected chi connectivity index (χ0v) is 7.13. The standard InChI is InChI=1S/C6H6BrNO3/c7-4-1-5(10-2-4)3-11-6(8)9/h1-2H,3H2,(H2,8,9). The van der Waals surface area contributed by atoms with Gasteiger partial charge in [0.15, 0.2) is 6.61 Å². The molecule has 1 aromatic heterocycles. The molecule has 4 nitrogen and oxygen atoms in total. The van der Waals surface area contributed by atoms with E-state index in [-0.39, 0.29) is 6.61 Å². The van der Waals surface area contributed by atoms with E-state index in [1.54, 1.807) is 6.07 Å². The second kappa shape index (κ2) is 3.43. The van der Waals surface area contributed by atoms with Gasteiger partial charge >= 0.3 is 6.09 Å².